The molecule has 1 atom stereocenters. The number of allylic oxidation sites excluding steroid dienone is 1. The molecule has 1 fully saturated rings. The van der Waals surface area contributed by atoms with E-state index in [1.54, 1.807) is 6.92 Å². The first kappa shape index (κ1) is 16.2. The van der Waals surface area contributed by atoms with E-state index >= 15 is 0 Å². The van der Waals surface area contributed by atoms with Crippen molar-refractivity contribution >= 4 is 24.2 Å². The molecule has 23 heavy (non-hydrogen) atoms. The number of hydrogen-bond acceptors (Lipinski definition) is 8. The smallest absolute Gasteiger partial charge is 0.433 e. The Balaban J connectivity index is 1.88. The number of rotatable bonds is 6. The van der Waals surface area contributed by atoms with Gasteiger partial charge >= 0.3 is 17.9 Å². The van der Waals surface area contributed by atoms with E-state index in [1.807, 2.05) is 0 Å². The number of furan rings is 1. The van der Waals surface area contributed by atoms with Crippen LogP contribution in [0.4, 0.5) is 10.7 Å². The van der Waals surface area contributed by atoms with Gasteiger partial charge in [-0.15, -0.1) is 0 Å². The molecule has 0 radical (unpaired) electrons. The lowest BCUT2D eigenvalue weighted by atomic mass is 10.4. The quantitative estimate of drug-likeness (QED) is 0.255. The molecule has 0 aliphatic carbocycles. The molecule has 0 bridgehead atoms. The summed E-state index contributed by atoms with van der Waals surface area (Å²) in [7, 11) is 0. The summed E-state index contributed by atoms with van der Waals surface area (Å²) in [4.78, 5) is 32.6. The van der Waals surface area contributed by atoms with E-state index in [4.69, 9.17) is 13.9 Å². The minimum atomic E-state index is -0.714. The summed E-state index contributed by atoms with van der Waals surface area (Å²) >= 11 is 0. The normalized spacial score (nSPS) is 17.9. The van der Waals surface area contributed by atoms with Gasteiger partial charge in [0.05, 0.1) is 18.8 Å². The van der Waals surface area contributed by atoms with Gasteiger partial charge < -0.3 is 13.9 Å². The zero-order valence-corrected chi connectivity index (χ0v) is 12.1. The van der Waals surface area contributed by atoms with Crippen LogP contribution in [0.15, 0.2) is 33.8 Å². The van der Waals surface area contributed by atoms with E-state index in [2.05, 4.69) is 5.10 Å². The van der Waals surface area contributed by atoms with E-state index < -0.39 is 29.0 Å². The zero-order chi connectivity index (χ0) is 16.8. The molecular weight excluding hydrogens is 310 g/mol. The predicted molar refractivity (Wildman–Crippen MR) is 75.7 cm³/mol. The van der Waals surface area contributed by atoms with Crippen LogP contribution in [0.1, 0.15) is 12.7 Å². The molecular formula is C13H13N3O7. The van der Waals surface area contributed by atoms with E-state index in [0.29, 0.717) is 0 Å². The highest BCUT2D eigenvalue weighted by Crippen LogP contribution is 2.15. The summed E-state index contributed by atoms with van der Waals surface area (Å²) in [6.45, 7) is 1.67. The largest absolute Gasteiger partial charge is 0.459 e. The van der Waals surface area contributed by atoms with Crippen LogP contribution in [-0.4, -0.2) is 47.5 Å². The molecule has 1 unspecified atom stereocenters. The first-order valence-corrected chi connectivity index (χ1v) is 6.55. The van der Waals surface area contributed by atoms with Crippen LogP contribution in [-0.2, 0) is 14.3 Å². The van der Waals surface area contributed by atoms with Crippen molar-refractivity contribution in [1.82, 2.24) is 5.01 Å². The van der Waals surface area contributed by atoms with Gasteiger partial charge in [-0.1, -0.05) is 6.08 Å². The number of hydrogen-bond donors (Lipinski definition) is 0. The van der Waals surface area contributed by atoms with Crippen molar-refractivity contribution in [3.63, 3.8) is 0 Å². The third kappa shape index (κ3) is 4.40. The number of nitrogens with zero attached hydrogens (tertiary/aromatic N) is 3. The van der Waals surface area contributed by atoms with Gasteiger partial charge in [0.2, 0.25) is 0 Å². The number of esters is 1. The van der Waals surface area contributed by atoms with Crippen LogP contribution in [0.25, 0.3) is 0 Å². The summed E-state index contributed by atoms with van der Waals surface area (Å²) < 4.78 is 14.7. The molecule has 10 heteroatoms. The second-order valence-electron chi connectivity index (χ2n) is 4.40. The summed E-state index contributed by atoms with van der Waals surface area (Å²) in [5.41, 5.74) is 0. The highest BCUT2D eigenvalue weighted by molar-refractivity contribution is 5.82. The van der Waals surface area contributed by atoms with E-state index in [-0.39, 0.29) is 18.9 Å². The maximum Gasteiger partial charge on any atom is 0.433 e. The lowest BCUT2D eigenvalue weighted by Crippen LogP contribution is -2.23. The SMILES string of the molecule is CC=CC(=O)OCC1CN(N=Cc2ccc([N+](=O)[O-])o2)C(=O)O1. The van der Waals surface area contributed by atoms with Gasteiger partial charge in [0.1, 0.15) is 11.5 Å². The minimum Gasteiger partial charge on any atom is -0.459 e. The fourth-order valence-corrected chi connectivity index (χ4v) is 1.68. The second-order valence-corrected chi connectivity index (χ2v) is 4.40. The van der Waals surface area contributed by atoms with Gasteiger partial charge in [-0.05, 0) is 13.0 Å². The van der Waals surface area contributed by atoms with Crippen LogP contribution >= 0.6 is 0 Å². The molecule has 10 nitrogen and oxygen atoms in total. The van der Waals surface area contributed by atoms with E-state index in [9.17, 15) is 19.7 Å². The zero-order valence-electron chi connectivity index (χ0n) is 12.1. The van der Waals surface area contributed by atoms with Crippen molar-refractivity contribution in [3.05, 3.63) is 40.2 Å². The van der Waals surface area contributed by atoms with Crippen molar-refractivity contribution in [2.75, 3.05) is 13.2 Å². The Morgan fingerprint density at radius 2 is 2.39 bits per heavy atom. The molecule has 122 valence electrons. The number of carbonyl (C=O) groups excluding carboxylic acids is 2. The Labute approximate surface area is 130 Å². The summed E-state index contributed by atoms with van der Waals surface area (Å²) in [6, 6.07) is 2.52. The average Bonchev–Trinajstić information content (AvgIpc) is 3.10. The second kappa shape index (κ2) is 7.20. The molecule has 1 aliphatic rings. The molecule has 0 N–H and O–H groups in total. The molecule has 1 aromatic rings. The maximum atomic E-state index is 11.6. The van der Waals surface area contributed by atoms with Crippen LogP contribution < -0.4 is 0 Å². The van der Waals surface area contributed by atoms with Crippen LogP contribution in [0, 0.1) is 10.1 Å². The molecule has 0 spiro atoms. The van der Waals surface area contributed by atoms with E-state index in [1.165, 1.54) is 24.3 Å². The Hall–Kier alpha value is -3.17. The highest BCUT2D eigenvalue weighted by Gasteiger charge is 2.32. The van der Waals surface area contributed by atoms with Gasteiger partial charge in [0, 0.05) is 6.08 Å². The monoisotopic (exact) mass is 323 g/mol. The topological polar surface area (TPSA) is 124 Å². The Kier molecular flexibility index (Phi) is 5.07. The van der Waals surface area contributed by atoms with E-state index in [0.717, 1.165) is 11.2 Å². The number of amides is 1. The Morgan fingerprint density at radius 3 is 3.04 bits per heavy atom. The Morgan fingerprint density at radius 1 is 1.61 bits per heavy atom. The molecule has 1 amide bonds. The van der Waals surface area contributed by atoms with Crippen LogP contribution in [0.5, 0.6) is 0 Å². The number of carbonyl (C=O) groups is 2. The number of hydrazone groups is 1. The molecule has 0 saturated carbocycles. The van der Waals surface area contributed by atoms with Crippen molar-refractivity contribution < 1.29 is 28.4 Å². The molecule has 0 aromatic carbocycles. The van der Waals surface area contributed by atoms with Gasteiger partial charge in [0.25, 0.3) is 0 Å². The average molecular weight is 323 g/mol. The first-order chi connectivity index (χ1) is 11.0. The summed E-state index contributed by atoms with van der Waals surface area (Å²) in [6.07, 6.45) is 2.58. The number of cyclic esters (lactones) is 1. The number of ether oxygens (including phenoxy) is 2. The fourth-order valence-electron chi connectivity index (χ4n) is 1.68. The molecule has 1 aliphatic heterocycles. The van der Waals surface area contributed by atoms with Crippen molar-refractivity contribution in [2.24, 2.45) is 5.10 Å². The van der Waals surface area contributed by atoms with Gasteiger partial charge in [0.15, 0.2) is 11.9 Å². The van der Waals surface area contributed by atoms with Crippen LogP contribution in [0.3, 0.4) is 0 Å². The lowest BCUT2D eigenvalue weighted by Gasteiger charge is -2.07. The third-order valence-corrected chi connectivity index (χ3v) is 2.69. The highest BCUT2D eigenvalue weighted by atomic mass is 16.6. The summed E-state index contributed by atoms with van der Waals surface area (Å²) in [5, 5.41) is 15.3. The van der Waals surface area contributed by atoms with Gasteiger partial charge in [-0.3, -0.25) is 10.1 Å². The third-order valence-electron chi connectivity index (χ3n) is 2.69. The lowest BCUT2D eigenvalue weighted by molar-refractivity contribution is -0.402. The van der Waals surface area contributed by atoms with Gasteiger partial charge in [-0.25, -0.2) is 9.59 Å². The molecule has 2 rings (SSSR count). The van der Waals surface area contributed by atoms with Crippen molar-refractivity contribution in [3.8, 4) is 0 Å². The molecule has 2 heterocycles. The minimum absolute atomic E-state index is 0.0846. The Bertz CT molecular complexity index is 664. The molecule has 1 aromatic heterocycles. The van der Waals surface area contributed by atoms with Crippen molar-refractivity contribution in [1.29, 1.82) is 0 Å². The summed E-state index contributed by atoms with van der Waals surface area (Å²) in [5.74, 6) is -0.843. The standard InChI is InChI=1S/C13H13N3O7/c1-2-3-12(17)21-8-10-7-15(13(18)23-10)14-6-9-4-5-11(22-9)16(19)20/h2-6,10H,7-8H2,1H3. The fraction of sp³-hybridized carbons (Fsp3) is 0.308. The number of nitro groups is 1. The van der Waals surface area contributed by atoms with Crippen molar-refractivity contribution in [2.45, 2.75) is 13.0 Å². The predicted octanol–water partition coefficient (Wildman–Crippen LogP) is 1.46. The van der Waals surface area contributed by atoms with Crippen LogP contribution in [0.2, 0.25) is 0 Å². The molecule has 1 saturated heterocycles. The van der Waals surface area contributed by atoms with Gasteiger partial charge in [-0.2, -0.15) is 10.1 Å². The first-order valence-electron chi connectivity index (χ1n) is 6.55. The maximum absolute atomic E-state index is 11.6.